The van der Waals surface area contributed by atoms with E-state index in [0.29, 0.717) is 39.7 Å². The molecular weight excluding hydrogens is 580 g/mol. The van der Waals surface area contributed by atoms with E-state index in [1.807, 2.05) is 0 Å². The number of piperidine rings is 1. The zero-order valence-corrected chi connectivity index (χ0v) is 22.4. The van der Waals surface area contributed by atoms with Gasteiger partial charge in [-0.05, 0) is 49.6 Å². The number of nitrogens with one attached hydrogen (secondary N) is 2. The first-order valence-electron chi connectivity index (χ1n) is 13.4. The summed E-state index contributed by atoms with van der Waals surface area (Å²) < 4.78 is 83.8. The highest BCUT2D eigenvalue weighted by Gasteiger charge is 2.52. The van der Waals surface area contributed by atoms with Crippen LogP contribution in [0.25, 0.3) is 0 Å². The van der Waals surface area contributed by atoms with Crippen LogP contribution in [0.15, 0.2) is 42.7 Å². The van der Waals surface area contributed by atoms with Crippen molar-refractivity contribution in [3.05, 3.63) is 88.1 Å². The van der Waals surface area contributed by atoms with Gasteiger partial charge in [0.15, 0.2) is 11.6 Å². The van der Waals surface area contributed by atoms with Gasteiger partial charge in [0.2, 0.25) is 11.8 Å². The third-order valence-electron chi connectivity index (χ3n) is 8.52. The molecule has 2 aromatic heterocycles. The molecule has 43 heavy (non-hydrogen) atoms. The molecule has 1 aromatic carbocycles. The molecule has 8 nitrogen and oxygen atoms in total. The number of fused-ring (bicyclic) bond motifs is 3. The van der Waals surface area contributed by atoms with Crippen LogP contribution in [0, 0.1) is 17.5 Å². The van der Waals surface area contributed by atoms with Crippen LogP contribution in [0.4, 0.5) is 32.2 Å². The number of alkyl halides is 3. The predicted molar refractivity (Wildman–Crippen MR) is 138 cm³/mol. The molecule has 1 saturated heterocycles. The second-order valence-corrected chi connectivity index (χ2v) is 11.1. The number of benzene rings is 1. The molecule has 1 spiro atoms. The molecule has 1 fully saturated rings. The Morgan fingerprint density at radius 1 is 1.12 bits per heavy atom. The van der Waals surface area contributed by atoms with E-state index in [4.69, 9.17) is 0 Å². The van der Waals surface area contributed by atoms with Crippen molar-refractivity contribution in [1.82, 2.24) is 20.2 Å². The molecule has 3 amide bonds. The lowest BCUT2D eigenvalue weighted by molar-refractivity contribution is -0.170. The molecule has 6 rings (SSSR count). The average Bonchev–Trinajstić information content (AvgIpc) is 3.47. The molecule has 3 unspecified atom stereocenters. The van der Waals surface area contributed by atoms with Crippen LogP contribution in [-0.4, -0.2) is 57.4 Å². The summed E-state index contributed by atoms with van der Waals surface area (Å²) in [7, 11) is 0. The van der Waals surface area contributed by atoms with Crippen LogP contribution in [0.5, 0.6) is 0 Å². The quantitative estimate of drug-likeness (QED) is 0.348. The number of anilines is 1. The maximum Gasteiger partial charge on any atom is 0.406 e. The van der Waals surface area contributed by atoms with Gasteiger partial charge in [0.05, 0.1) is 11.0 Å². The number of nitrogens with zero attached hydrogens (tertiary/aromatic N) is 3. The minimum Gasteiger partial charge on any atom is -0.340 e. The zero-order chi connectivity index (χ0) is 30.8. The second-order valence-electron chi connectivity index (χ2n) is 11.1. The van der Waals surface area contributed by atoms with E-state index in [9.17, 15) is 40.7 Å². The predicted octanol–water partition coefficient (Wildman–Crippen LogP) is 3.95. The lowest BCUT2D eigenvalue weighted by atomic mass is 9.80. The first kappa shape index (κ1) is 28.6. The summed E-state index contributed by atoms with van der Waals surface area (Å²) in [5.74, 6) is -7.38. The zero-order valence-electron chi connectivity index (χ0n) is 22.4. The first-order chi connectivity index (χ1) is 20.3. The van der Waals surface area contributed by atoms with Crippen molar-refractivity contribution in [3.8, 4) is 0 Å². The lowest BCUT2D eigenvalue weighted by Crippen LogP contribution is -2.60. The van der Waals surface area contributed by atoms with Gasteiger partial charge in [-0.2, -0.15) is 13.2 Å². The van der Waals surface area contributed by atoms with Gasteiger partial charge in [-0.3, -0.25) is 19.4 Å². The summed E-state index contributed by atoms with van der Waals surface area (Å²) in [4.78, 5) is 48.4. The standard InChI is InChI=1S/C29H23F6N5O3/c1-13-16(22-18(30)4-5-19(31)23(22)32)8-20(26(42)40(13)12-29(33,34)35)38-25(41)15-7-14-9-28(10-21(14)37-11-15)17-3-2-6-36-24(17)39-27(28)43/h2-7,11,13,16,20H,8-10,12H2,1H3,(H,38,41)(H,36,39,43)/t13?,16?,20?,28-/m0/s1. The molecule has 224 valence electrons. The topological polar surface area (TPSA) is 104 Å². The Labute approximate surface area is 240 Å². The molecule has 0 bridgehead atoms. The van der Waals surface area contributed by atoms with Crippen LogP contribution in [0.1, 0.15) is 52.0 Å². The number of aromatic nitrogens is 2. The number of amides is 3. The third kappa shape index (κ3) is 4.78. The van der Waals surface area contributed by atoms with E-state index in [2.05, 4.69) is 20.6 Å². The fraction of sp³-hybridized carbons (Fsp3) is 0.345. The summed E-state index contributed by atoms with van der Waals surface area (Å²) in [5.41, 5.74) is 0.0460. The molecule has 0 radical (unpaired) electrons. The van der Waals surface area contributed by atoms with Gasteiger partial charge in [0.1, 0.15) is 24.2 Å². The van der Waals surface area contributed by atoms with E-state index in [-0.39, 0.29) is 24.3 Å². The Hall–Kier alpha value is -4.49. The lowest BCUT2D eigenvalue weighted by Gasteiger charge is -2.43. The number of rotatable bonds is 4. The number of hydrogen-bond acceptors (Lipinski definition) is 5. The highest BCUT2D eigenvalue weighted by atomic mass is 19.4. The second kappa shape index (κ2) is 10.1. The van der Waals surface area contributed by atoms with Crippen molar-refractivity contribution < 1.29 is 40.7 Å². The Kier molecular flexibility index (Phi) is 6.69. The van der Waals surface area contributed by atoms with Crippen molar-refractivity contribution in [2.24, 2.45) is 0 Å². The maximum atomic E-state index is 14.7. The van der Waals surface area contributed by atoms with E-state index < -0.39 is 77.4 Å². The van der Waals surface area contributed by atoms with Crippen LogP contribution in [-0.2, 0) is 27.8 Å². The number of carbonyl (C=O) groups is 3. The molecule has 2 aliphatic heterocycles. The van der Waals surface area contributed by atoms with Crippen molar-refractivity contribution in [3.63, 3.8) is 0 Å². The SMILES string of the molecule is CC1C(c2c(F)ccc(F)c2F)CC(NC(=O)c2cnc3c(c2)C[C@@]2(C3)C(=O)Nc3ncccc32)C(=O)N1CC(F)(F)F. The van der Waals surface area contributed by atoms with Crippen molar-refractivity contribution in [2.45, 2.75) is 55.8 Å². The molecule has 0 saturated carbocycles. The van der Waals surface area contributed by atoms with Crippen LogP contribution >= 0.6 is 0 Å². The summed E-state index contributed by atoms with van der Waals surface area (Å²) in [6.07, 6.45) is -2.11. The molecule has 3 aliphatic rings. The highest BCUT2D eigenvalue weighted by Crippen LogP contribution is 2.46. The molecule has 2 N–H and O–H groups in total. The smallest absolute Gasteiger partial charge is 0.340 e. The van der Waals surface area contributed by atoms with Crippen molar-refractivity contribution >= 4 is 23.5 Å². The van der Waals surface area contributed by atoms with Crippen LogP contribution in [0.3, 0.4) is 0 Å². The molecule has 4 heterocycles. The number of pyridine rings is 2. The summed E-state index contributed by atoms with van der Waals surface area (Å²) in [5, 5.41) is 5.14. The fourth-order valence-corrected chi connectivity index (χ4v) is 6.43. The highest BCUT2D eigenvalue weighted by molar-refractivity contribution is 6.06. The van der Waals surface area contributed by atoms with Gasteiger partial charge in [-0.1, -0.05) is 6.07 Å². The van der Waals surface area contributed by atoms with Gasteiger partial charge >= 0.3 is 6.18 Å². The Bertz CT molecular complexity index is 1680. The Balaban J connectivity index is 1.28. The minimum absolute atomic E-state index is 0.0333. The molecule has 3 aromatic rings. The van der Waals surface area contributed by atoms with Crippen LogP contribution in [0.2, 0.25) is 0 Å². The minimum atomic E-state index is -4.86. The Morgan fingerprint density at radius 2 is 1.86 bits per heavy atom. The first-order valence-corrected chi connectivity index (χ1v) is 13.4. The summed E-state index contributed by atoms with van der Waals surface area (Å²) >= 11 is 0. The third-order valence-corrected chi connectivity index (χ3v) is 8.52. The van der Waals surface area contributed by atoms with Gasteiger partial charge < -0.3 is 15.5 Å². The average molecular weight is 604 g/mol. The van der Waals surface area contributed by atoms with E-state index in [0.717, 1.165) is 0 Å². The fourth-order valence-electron chi connectivity index (χ4n) is 6.43. The summed E-state index contributed by atoms with van der Waals surface area (Å²) in [6, 6.07) is 3.19. The molecular formula is C29H23F6N5O3. The monoisotopic (exact) mass is 603 g/mol. The van der Waals surface area contributed by atoms with Crippen LogP contribution < -0.4 is 10.6 Å². The maximum absolute atomic E-state index is 14.7. The molecule has 14 heteroatoms. The number of halogens is 6. The van der Waals surface area contributed by atoms with Crippen molar-refractivity contribution in [2.75, 3.05) is 11.9 Å². The molecule has 4 atom stereocenters. The largest absolute Gasteiger partial charge is 0.406 e. The van der Waals surface area contributed by atoms with Gasteiger partial charge in [0, 0.05) is 47.6 Å². The van der Waals surface area contributed by atoms with Gasteiger partial charge in [0.25, 0.3) is 5.91 Å². The molecule has 1 aliphatic carbocycles. The van der Waals surface area contributed by atoms with Gasteiger partial charge in [-0.15, -0.1) is 0 Å². The number of likely N-dealkylation sites (tertiary alicyclic amines) is 1. The summed E-state index contributed by atoms with van der Waals surface area (Å²) in [6.45, 7) is -0.557. The number of hydrogen-bond donors (Lipinski definition) is 2. The normalized spacial score (nSPS) is 24.6. The van der Waals surface area contributed by atoms with Gasteiger partial charge in [-0.25, -0.2) is 18.2 Å². The number of carbonyl (C=O) groups excluding carboxylic acids is 3. The Morgan fingerprint density at radius 3 is 2.60 bits per heavy atom. The van der Waals surface area contributed by atoms with E-state index in [1.165, 1.54) is 19.2 Å². The van der Waals surface area contributed by atoms with E-state index >= 15 is 0 Å². The van der Waals surface area contributed by atoms with Crippen molar-refractivity contribution in [1.29, 1.82) is 0 Å². The van der Waals surface area contributed by atoms with E-state index in [1.54, 1.807) is 18.3 Å².